The largest absolute Gasteiger partial charge is 0.396 e. The number of amides is 1. The van der Waals surface area contributed by atoms with Gasteiger partial charge in [0.1, 0.15) is 5.69 Å². The van der Waals surface area contributed by atoms with Gasteiger partial charge in [-0.3, -0.25) is 0 Å². The molecule has 0 unspecified atom stereocenters. The van der Waals surface area contributed by atoms with Crippen LogP contribution in [-0.4, -0.2) is 55.0 Å². The van der Waals surface area contributed by atoms with Gasteiger partial charge in [-0.1, -0.05) is 49.2 Å². The normalized spacial score (nSPS) is 18.3. The predicted molar refractivity (Wildman–Crippen MR) is 116 cm³/mol. The molecule has 2 atom stereocenters. The number of carbonyl (C=O) groups is 1. The molecule has 1 N–H and O–H groups in total. The van der Waals surface area contributed by atoms with Crippen molar-refractivity contribution >= 4 is 6.03 Å². The molecule has 1 heterocycles. The Kier molecular flexibility index (Phi) is 6.93. The topological polar surface area (TPSA) is 93.2 Å². The van der Waals surface area contributed by atoms with Crippen molar-refractivity contribution in [1.29, 1.82) is 0 Å². The number of benzene rings is 2. The molecule has 3 aromatic rings. The second kappa shape index (κ2) is 10.0. The first-order chi connectivity index (χ1) is 16.0. The highest BCUT2D eigenvalue weighted by Crippen LogP contribution is 2.36. The molecule has 10 heteroatoms. The lowest BCUT2D eigenvalue weighted by atomic mass is 9.79. The zero-order chi connectivity index (χ0) is 23.4. The number of aliphatic hydroxyl groups is 1. The van der Waals surface area contributed by atoms with Crippen molar-refractivity contribution in [3.63, 3.8) is 0 Å². The van der Waals surface area contributed by atoms with E-state index in [-0.39, 0.29) is 25.1 Å². The average molecular weight is 457 g/mol. The summed E-state index contributed by atoms with van der Waals surface area (Å²) in [6, 6.07) is 12.0. The van der Waals surface area contributed by atoms with Crippen LogP contribution in [0, 0.1) is 11.6 Å². The van der Waals surface area contributed by atoms with E-state index in [2.05, 4.69) is 10.4 Å². The lowest BCUT2D eigenvalue weighted by molar-refractivity contribution is 0.133. The Hall–Kier alpha value is -3.40. The van der Waals surface area contributed by atoms with Crippen LogP contribution < -0.4 is 5.69 Å². The third-order valence-corrected chi connectivity index (χ3v) is 6.07. The van der Waals surface area contributed by atoms with E-state index in [0.717, 1.165) is 49.4 Å². The quantitative estimate of drug-likeness (QED) is 0.575. The van der Waals surface area contributed by atoms with E-state index >= 15 is 0 Å². The van der Waals surface area contributed by atoms with Crippen LogP contribution in [0.5, 0.6) is 0 Å². The van der Waals surface area contributed by atoms with Crippen LogP contribution in [0.3, 0.4) is 0 Å². The van der Waals surface area contributed by atoms with Crippen LogP contribution in [0.2, 0.25) is 0 Å². The number of hydrogen-bond acceptors (Lipinski definition) is 5. The van der Waals surface area contributed by atoms with Gasteiger partial charge in [-0.25, -0.2) is 18.4 Å². The first-order valence-corrected chi connectivity index (χ1v) is 11.0. The maximum absolute atomic E-state index is 14.2. The number of para-hydroxylation sites is 1. The molecule has 1 aromatic heterocycles. The average Bonchev–Trinajstić information content (AvgIpc) is 3.21. The van der Waals surface area contributed by atoms with E-state index in [1.54, 1.807) is 0 Å². The summed E-state index contributed by atoms with van der Waals surface area (Å²) in [5.41, 5.74) is -0.665. The molecule has 1 saturated carbocycles. The summed E-state index contributed by atoms with van der Waals surface area (Å²) in [4.78, 5) is 27.9. The zero-order valence-corrected chi connectivity index (χ0v) is 18.0. The Bertz CT molecular complexity index is 1140. The maximum atomic E-state index is 14.2. The van der Waals surface area contributed by atoms with E-state index in [0.29, 0.717) is 15.8 Å². The highest BCUT2D eigenvalue weighted by molar-refractivity contribution is 5.76. The molecule has 0 radical (unpaired) electrons. The monoisotopic (exact) mass is 457 g/mol. The molecule has 2 aromatic carbocycles. The number of halogens is 2. The fraction of sp³-hybridized carbons (Fsp3) is 0.391. The van der Waals surface area contributed by atoms with Crippen LogP contribution in [-0.2, 0) is 0 Å². The van der Waals surface area contributed by atoms with Gasteiger partial charge in [-0.05, 0) is 47.4 Å². The third kappa shape index (κ3) is 4.56. The van der Waals surface area contributed by atoms with Gasteiger partial charge in [0.2, 0.25) is 0 Å². The molecule has 1 aliphatic carbocycles. The molecule has 0 spiro atoms. The Morgan fingerprint density at radius 3 is 2.42 bits per heavy atom. The summed E-state index contributed by atoms with van der Waals surface area (Å²) in [7, 11) is 0. The van der Waals surface area contributed by atoms with Gasteiger partial charge in [-0.2, -0.15) is 4.68 Å². The van der Waals surface area contributed by atoms with Crippen molar-refractivity contribution in [2.24, 2.45) is 0 Å². The molecule has 1 fully saturated rings. The van der Waals surface area contributed by atoms with Gasteiger partial charge in [-0.15, -0.1) is 4.68 Å². The molecule has 174 valence electrons. The molecule has 0 aliphatic heterocycles. The molecule has 4 rings (SSSR count). The minimum absolute atomic E-state index is 0.0531. The molecule has 1 amide bonds. The number of rotatable bonds is 6. The van der Waals surface area contributed by atoms with Crippen molar-refractivity contribution in [1.82, 2.24) is 24.7 Å². The Morgan fingerprint density at radius 2 is 1.73 bits per heavy atom. The minimum Gasteiger partial charge on any atom is -0.396 e. The molecule has 33 heavy (non-hydrogen) atoms. The molecule has 0 saturated heterocycles. The van der Waals surface area contributed by atoms with Crippen LogP contribution in [0.25, 0.3) is 5.69 Å². The van der Waals surface area contributed by atoms with E-state index in [9.17, 15) is 23.5 Å². The molecule has 8 nitrogen and oxygen atoms in total. The van der Waals surface area contributed by atoms with Crippen LogP contribution >= 0.6 is 0 Å². The summed E-state index contributed by atoms with van der Waals surface area (Å²) in [6.45, 7) is 0.0746. The van der Waals surface area contributed by atoms with E-state index in [4.69, 9.17) is 0 Å². The van der Waals surface area contributed by atoms with Crippen LogP contribution in [0.4, 0.5) is 13.6 Å². The number of aromatic nitrogens is 4. The Labute approximate surface area is 189 Å². The molecule has 1 aliphatic rings. The van der Waals surface area contributed by atoms with E-state index in [1.165, 1.54) is 4.90 Å². The van der Waals surface area contributed by atoms with Gasteiger partial charge in [0.15, 0.2) is 11.6 Å². The van der Waals surface area contributed by atoms with Crippen molar-refractivity contribution in [2.75, 3.05) is 13.2 Å². The van der Waals surface area contributed by atoms with Gasteiger partial charge >= 0.3 is 11.7 Å². The van der Waals surface area contributed by atoms with Crippen LogP contribution in [0.1, 0.15) is 43.6 Å². The summed E-state index contributed by atoms with van der Waals surface area (Å²) >= 11 is 0. The number of nitrogens with zero attached hydrogens (tertiary/aromatic N) is 5. The number of tetrazole rings is 1. The summed E-state index contributed by atoms with van der Waals surface area (Å²) in [5, 5.41) is 16.6. The minimum atomic E-state index is -1.06. The molecular weight excluding hydrogens is 432 g/mol. The summed E-state index contributed by atoms with van der Waals surface area (Å²) < 4.78 is 29.3. The second-order valence-corrected chi connectivity index (χ2v) is 8.08. The fourth-order valence-electron chi connectivity index (χ4n) is 4.54. The van der Waals surface area contributed by atoms with E-state index in [1.807, 2.05) is 30.3 Å². The van der Waals surface area contributed by atoms with Crippen molar-refractivity contribution in [2.45, 2.75) is 44.1 Å². The predicted octanol–water partition coefficient (Wildman–Crippen LogP) is 3.09. The Balaban J connectivity index is 1.70. The molecular formula is C23H25F2N5O3. The van der Waals surface area contributed by atoms with E-state index < -0.39 is 29.0 Å². The van der Waals surface area contributed by atoms with Crippen molar-refractivity contribution < 1.29 is 18.7 Å². The van der Waals surface area contributed by atoms with Gasteiger partial charge < -0.3 is 10.0 Å². The van der Waals surface area contributed by atoms with Gasteiger partial charge in [0.05, 0.1) is 0 Å². The lowest BCUT2D eigenvalue weighted by Gasteiger charge is -2.39. The summed E-state index contributed by atoms with van der Waals surface area (Å²) in [6.07, 6.45) is 3.84. The lowest BCUT2D eigenvalue weighted by Crippen LogP contribution is -2.50. The number of hydrogen-bond donors (Lipinski definition) is 1. The fourth-order valence-corrected chi connectivity index (χ4v) is 4.54. The van der Waals surface area contributed by atoms with Crippen molar-refractivity contribution in [3.05, 3.63) is 76.2 Å². The summed E-state index contributed by atoms with van der Waals surface area (Å²) in [5.74, 6) is -1.94. The zero-order valence-electron chi connectivity index (χ0n) is 18.0. The highest BCUT2D eigenvalue weighted by atomic mass is 19.1. The van der Waals surface area contributed by atoms with Gasteiger partial charge in [0, 0.05) is 25.1 Å². The number of aliphatic hydroxyl groups excluding tert-OH is 1. The first kappa shape index (κ1) is 22.8. The standard InChI is InChI=1S/C23H25F2N5O3/c24-18-11-6-12-19(25)21(18)29-23(33)30(27-26-29)22(32)28(14-7-15-31)20-13-5-4-10-17(20)16-8-2-1-3-9-16/h1-3,6,8-9,11-12,17,20,31H,4-5,7,10,13-15H2/t17-,20+/m0/s1. The third-order valence-electron chi connectivity index (χ3n) is 6.07. The highest BCUT2D eigenvalue weighted by Gasteiger charge is 2.35. The Morgan fingerprint density at radius 1 is 1.03 bits per heavy atom. The number of carbonyl (C=O) groups excluding carboxylic acids is 1. The van der Waals surface area contributed by atoms with Crippen molar-refractivity contribution in [3.8, 4) is 5.69 Å². The second-order valence-electron chi connectivity index (χ2n) is 8.08. The van der Waals surface area contributed by atoms with Gasteiger partial charge in [0.25, 0.3) is 0 Å². The maximum Gasteiger partial charge on any atom is 0.377 e. The SMILES string of the molecule is O=C(N(CCCO)[C@@H]1CCCC[C@H]1c1ccccc1)n1nnn(-c2c(F)cccc2F)c1=O. The molecule has 0 bridgehead atoms. The van der Waals surface area contributed by atoms with Crippen LogP contribution in [0.15, 0.2) is 53.3 Å². The first-order valence-electron chi connectivity index (χ1n) is 11.0. The smallest absolute Gasteiger partial charge is 0.377 e.